The molecule has 2 aliphatic rings. The van der Waals surface area contributed by atoms with Crippen LogP contribution in [0.5, 0.6) is 0 Å². The van der Waals surface area contributed by atoms with Gasteiger partial charge < -0.3 is 9.64 Å². The van der Waals surface area contributed by atoms with Crippen LogP contribution in [0.1, 0.15) is 62.8 Å². The summed E-state index contributed by atoms with van der Waals surface area (Å²) in [5.74, 6) is 0.149. The summed E-state index contributed by atoms with van der Waals surface area (Å²) < 4.78 is 5.77. The normalized spacial score (nSPS) is 22.8. The van der Waals surface area contributed by atoms with Crippen molar-refractivity contribution in [3.63, 3.8) is 0 Å². The van der Waals surface area contributed by atoms with Crippen LogP contribution in [0.4, 0.5) is 4.79 Å². The number of rotatable bonds is 5. The molecule has 3 rings (SSSR count). The Morgan fingerprint density at radius 3 is 2.42 bits per heavy atom. The highest BCUT2D eigenvalue weighted by Crippen LogP contribution is 2.49. The average molecular weight is 425 g/mol. The summed E-state index contributed by atoms with van der Waals surface area (Å²) in [5, 5.41) is 0. The van der Waals surface area contributed by atoms with Crippen LogP contribution in [-0.4, -0.2) is 46.5 Å². The van der Waals surface area contributed by atoms with Crippen molar-refractivity contribution in [2.24, 2.45) is 5.41 Å². The van der Waals surface area contributed by atoms with Gasteiger partial charge in [-0.3, -0.25) is 9.69 Å². The second kappa shape index (κ2) is 8.52. The molecule has 5 nitrogen and oxygen atoms in total. The third kappa shape index (κ3) is 4.41. The van der Waals surface area contributed by atoms with Gasteiger partial charge in [-0.05, 0) is 65.0 Å². The van der Waals surface area contributed by atoms with Crippen molar-refractivity contribution in [2.45, 2.75) is 71.6 Å². The number of piperazine rings is 1. The van der Waals surface area contributed by atoms with Gasteiger partial charge in [-0.1, -0.05) is 35.9 Å². The van der Waals surface area contributed by atoms with Gasteiger partial charge in [0.15, 0.2) is 0 Å². The summed E-state index contributed by atoms with van der Waals surface area (Å²) >= 11 is 0. The van der Waals surface area contributed by atoms with Crippen molar-refractivity contribution in [2.75, 3.05) is 13.1 Å². The topological polar surface area (TPSA) is 49.9 Å². The Balaban J connectivity index is 2.09. The van der Waals surface area contributed by atoms with Gasteiger partial charge in [0, 0.05) is 13.1 Å². The van der Waals surface area contributed by atoms with Crippen molar-refractivity contribution < 1.29 is 14.3 Å². The summed E-state index contributed by atoms with van der Waals surface area (Å²) in [4.78, 5) is 30.6. The summed E-state index contributed by atoms with van der Waals surface area (Å²) in [6.07, 6.45) is 5.22. The molecule has 0 aromatic heterocycles. The Hall–Kier alpha value is -2.56. The number of carbonyl (C=O) groups excluding carboxylic acids is 2. The first-order valence-corrected chi connectivity index (χ1v) is 11.1. The maximum absolute atomic E-state index is 13.6. The van der Waals surface area contributed by atoms with Crippen molar-refractivity contribution >= 4 is 12.0 Å². The lowest BCUT2D eigenvalue weighted by Crippen LogP contribution is -2.56. The van der Waals surface area contributed by atoms with Crippen LogP contribution in [-0.2, 0) is 9.53 Å². The fourth-order valence-corrected chi connectivity index (χ4v) is 5.12. The monoisotopic (exact) mass is 424 g/mol. The molecule has 0 radical (unpaired) electrons. The van der Waals surface area contributed by atoms with Gasteiger partial charge in [0.05, 0.1) is 17.5 Å². The number of amides is 2. The second-order valence-corrected chi connectivity index (χ2v) is 10.0. The molecule has 168 valence electrons. The number of hydrogen-bond acceptors (Lipinski definition) is 3. The Morgan fingerprint density at radius 2 is 1.84 bits per heavy atom. The average Bonchev–Trinajstić information content (AvgIpc) is 2.94. The number of benzene rings is 1. The van der Waals surface area contributed by atoms with Gasteiger partial charge in [0.1, 0.15) is 5.60 Å². The van der Waals surface area contributed by atoms with Crippen molar-refractivity contribution in [1.82, 2.24) is 9.80 Å². The number of hydrogen-bond donors (Lipinski definition) is 0. The van der Waals surface area contributed by atoms with E-state index < -0.39 is 11.0 Å². The highest BCUT2D eigenvalue weighted by molar-refractivity contribution is 5.86. The number of ether oxygens (including phenoxy) is 1. The number of allylic oxidation sites excluding steroid dienone is 2. The lowest BCUT2D eigenvalue weighted by molar-refractivity contribution is -0.139. The zero-order chi connectivity index (χ0) is 23.0. The fraction of sp³-hybridized carbons (Fsp3) is 0.538. The third-order valence-electron chi connectivity index (χ3n) is 6.45. The van der Waals surface area contributed by atoms with Crippen LogP contribution in [0.25, 0.3) is 0 Å². The van der Waals surface area contributed by atoms with E-state index in [0.717, 1.165) is 16.7 Å². The molecule has 1 aromatic rings. The third-order valence-corrected chi connectivity index (χ3v) is 6.45. The van der Waals surface area contributed by atoms with Crippen molar-refractivity contribution in [1.29, 1.82) is 0 Å². The molecule has 0 unspecified atom stereocenters. The lowest BCUT2D eigenvalue weighted by atomic mass is 9.76. The molecule has 31 heavy (non-hydrogen) atoms. The van der Waals surface area contributed by atoms with Gasteiger partial charge >= 0.3 is 6.09 Å². The maximum atomic E-state index is 13.6. The van der Waals surface area contributed by atoms with E-state index in [1.807, 2.05) is 42.7 Å². The molecule has 2 heterocycles. The summed E-state index contributed by atoms with van der Waals surface area (Å²) in [6.45, 7) is 18.5. The minimum atomic E-state index is -0.582. The van der Waals surface area contributed by atoms with Crippen LogP contribution in [0.3, 0.4) is 0 Å². The first-order valence-electron chi connectivity index (χ1n) is 11.1. The maximum Gasteiger partial charge on any atom is 0.410 e. The predicted molar refractivity (Wildman–Crippen MR) is 124 cm³/mol. The highest BCUT2D eigenvalue weighted by Gasteiger charge is 2.56. The molecular formula is C26H36N2O3. The molecule has 2 atom stereocenters. The molecule has 0 aliphatic carbocycles. The molecule has 2 saturated heterocycles. The van der Waals surface area contributed by atoms with Crippen LogP contribution in [0.2, 0.25) is 0 Å². The van der Waals surface area contributed by atoms with Crippen LogP contribution in [0.15, 0.2) is 43.5 Å². The standard InChI is InChI=1S/C26H36N2O3/c1-8-12-26(13-9-2)17-21-22(20-16-18(3)10-11-19(20)4)28(15-14-27(21)23(26)29)24(30)31-25(5,6)7/h8-11,16,21-22H,1-2,12-15,17H2,3-7H3/t21-,22+/m0/s1. The predicted octanol–water partition coefficient (Wildman–Crippen LogP) is 5.33. The molecule has 0 saturated carbocycles. The minimum absolute atomic E-state index is 0.103. The zero-order valence-electron chi connectivity index (χ0n) is 19.6. The van der Waals surface area contributed by atoms with Gasteiger partial charge in [-0.25, -0.2) is 4.79 Å². The smallest absolute Gasteiger partial charge is 0.410 e. The largest absolute Gasteiger partial charge is 0.444 e. The second-order valence-electron chi connectivity index (χ2n) is 10.0. The van der Waals surface area contributed by atoms with Gasteiger partial charge in [0.2, 0.25) is 5.91 Å². The number of nitrogens with zero attached hydrogens (tertiary/aromatic N) is 2. The van der Waals surface area contributed by atoms with E-state index in [9.17, 15) is 9.59 Å². The molecule has 0 bridgehead atoms. The summed E-state index contributed by atoms with van der Waals surface area (Å²) in [6, 6.07) is 5.97. The van der Waals surface area contributed by atoms with E-state index in [4.69, 9.17) is 4.74 Å². The summed E-state index contributed by atoms with van der Waals surface area (Å²) in [5.41, 5.74) is 2.22. The van der Waals surface area contributed by atoms with Gasteiger partial charge in [-0.2, -0.15) is 0 Å². The molecule has 5 heteroatoms. The molecule has 1 aromatic carbocycles. The van der Waals surface area contributed by atoms with E-state index in [1.54, 1.807) is 0 Å². The highest BCUT2D eigenvalue weighted by atomic mass is 16.6. The fourth-order valence-electron chi connectivity index (χ4n) is 5.12. The van der Waals surface area contributed by atoms with Crippen molar-refractivity contribution in [3.8, 4) is 0 Å². The van der Waals surface area contributed by atoms with Crippen LogP contribution >= 0.6 is 0 Å². The Kier molecular flexibility index (Phi) is 6.35. The summed E-state index contributed by atoms with van der Waals surface area (Å²) in [7, 11) is 0. The van der Waals surface area contributed by atoms with E-state index in [2.05, 4.69) is 45.2 Å². The Bertz CT molecular complexity index is 873. The SMILES string of the molecule is C=CCC1(CC=C)C[C@H]2[C@@H](c3cc(C)ccc3C)N(C(=O)OC(C)(C)C)CCN2C1=O. The lowest BCUT2D eigenvalue weighted by Gasteiger charge is -2.45. The number of carbonyl (C=O) groups is 2. The first-order chi connectivity index (χ1) is 14.5. The van der Waals surface area contributed by atoms with Gasteiger partial charge in [-0.15, -0.1) is 13.2 Å². The van der Waals surface area contributed by atoms with Crippen molar-refractivity contribution in [3.05, 3.63) is 60.2 Å². The Morgan fingerprint density at radius 1 is 1.19 bits per heavy atom. The Labute approximate surface area is 186 Å². The van der Waals surface area contributed by atoms with Crippen LogP contribution < -0.4 is 0 Å². The van der Waals surface area contributed by atoms with E-state index in [1.165, 1.54) is 0 Å². The molecule has 2 aliphatic heterocycles. The molecule has 0 spiro atoms. The number of fused-ring (bicyclic) bond motifs is 1. The van der Waals surface area contributed by atoms with E-state index in [0.29, 0.717) is 32.4 Å². The van der Waals surface area contributed by atoms with E-state index in [-0.39, 0.29) is 24.1 Å². The number of aryl methyl sites for hydroxylation is 2. The first kappa shape index (κ1) is 23.1. The molecule has 2 amide bonds. The van der Waals surface area contributed by atoms with E-state index >= 15 is 0 Å². The minimum Gasteiger partial charge on any atom is -0.444 e. The molecule has 0 N–H and O–H groups in total. The zero-order valence-corrected chi connectivity index (χ0v) is 19.6. The molecule has 2 fully saturated rings. The van der Waals surface area contributed by atoms with Gasteiger partial charge in [0.25, 0.3) is 0 Å². The molecular weight excluding hydrogens is 388 g/mol. The quantitative estimate of drug-likeness (QED) is 0.600. The van der Waals surface area contributed by atoms with Crippen LogP contribution in [0, 0.1) is 19.3 Å².